The molecule has 2 aromatic rings. The van der Waals surface area contributed by atoms with Gasteiger partial charge in [0.15, 0.2) is 5.65 Å². The molecule has 1 aliphatic carbocycles. The fourth-order valence-electron chi connectivity index (χ4n) is 3.83. The second-order valence-electron chi connectivity index (χ2n) is 6.96. The van der Waals surface area contributed by atoms with Crippen LogP contribution in [-0.2, 0) is 9.53 Å². The predicted molar refractivity (Wildman–Crippen MR) is 95.8 cm³/mol. The van der Waals surface area contributed by atoms with E-state index in [4.69, 9.17) is 4.74 Å². The summed E-state index contributed by atoms with van der Waals surface area (Å²) in [4.78, 5) is 19.2. The third kappa shape index (κ3) is 3.76. The molecule has 0 radical (unpaired) electrons. The molecule has 25 heavy (non-hydrogen) atoms. The summed E-state index contributed by atoms with van der Waals surface area (Å²) >= 11 is 0. The molecule has 2 fully saturated rings. The number of fused-ring (bicyclic) bond motifs is 1. The molecular weight excluding hydrogens is 318 g/mol. The molecule has 0 bridgehead atoms. The molecule has 134 valence electrons. The van der Waals surface area contributed by atoms with E-state index in [9.17, 15) is 4.79 Å². The minimum absolute atomic E-state index is 0.0659. The molecule has 1 saturated carbocycles. The van der Waals surface area contributed by atoms with E-state index in [1.165, 1.54) is 32.1 Å². The largest absolute Gasteiger partial charge is 0.378 e. The molecule has 0 aromatic carbocycles. The van der Waals surface area contributed by atoms with Crippen LogP contribution in [0.3, 0.4) is 0 Å². The topological polar surface area (TPSA) is 71.8 Å². The lowest BCUT2D eigenvalue weighted by Gasteiger charge is -2.29. The summed E-state index contributed by atoms with van der Waals surface area (Å²) in [6, 6.07) is 3.78. The monoisotopic (exact) mass is 343 g/mol. The van der Waals surface area contributed by atoms with Gasteiger partial charge in [-0.1, -0.05) is 19.3 Å². The van der Waals surface area contributed by atoms with Gasteiger partial charge in [-0.3, -0.25) is 4.79 Å². The van der Waals surface area contributed by atoms with Crippen LogP contribution in [0.2, 0.25) is 0 Å². The van der Waals surface area contributed by atoms with Crippen LogP contribution in [0.4, 0.5) is 11.6 Å². The summed E-state index contributed by atoms with van der Waals surface area (Å²) in [5.74, 6) is 2.14. The molecule has 0 atom stereocenters. The second-order valence-corrected chi connectivity index (χ2v) is 6.96. The lowest BCUT2D eigenvalue weighted by molar-refractivity contribution is -0.117. The summed E-state index contributed by atoms with van der Waals surface area (Å²) < 4.78 is 7.26. The van der Waals surface area contributed by atoms with Gasteiger partial charge in [-0.2, -0.15) is 9.61 Å². The van der Waals surface area contributed by atoms with Crippen molar-refractivity contribution >= 4 is 23.2 Å². The van der Waals surface area contributed by atoms with Gasteiger partial charge in [0.25, 0.3) is 0 Å². The summed E-state index contributed by atoms with van der Waals surface area (Å²) in [7, 11) is 0. The fraction of sp³-hybridized carbons (Fsp3) is 0.611. The highest BCUT2D eigenvalue weighted by Gasteiger charge is 2.20. The molecule has 3 heterocycles. The average molecular weight is 343 g/mol. The molecule has 2 aliphatic rings. The fourth-order valence-corrected chi connectivity index (χ4v) is 3.83. The maximum Gasteiger partial charge on any atom is 0.225 e. The zero-order valence-corrected chi connectivity index (χ0v) is 14.5. The van der Waals surface area contributed by atoms with Crippen molar-refractivity contribution in [2.75, 3.05) is 36.5 Å². The number of carbonyl (C=O) groups excluding carboxylic acids is 1. The van der Waals surface area contributed by atoms with Crippen LogP contribution in [0.5, 0.6) is 0 Å². The van der Waals surface area contributed by atoms with Gasteiger partial charge in [-0.25, -0.2) is 4.98 Å². The first-order valence-electron chi connectivity index (χ1n) is 9.27. The Morgan fingerprint density at radius 1 is 1.24 bits per heavy atom. The number of anilines is 2. The van der Waals surface area contributed by atoms with Crippen LogP contribution in [0.15, 0.2) is 18.3 Å². The highest BCUT2D eigenvalue weighted by Crippen LogP contribution is 2.27. The van der Waals surface area contributed by atoms with E-state index in [1.54, 1.807) is 6.20 Å². The Labute approximate surface area is 147 Å². The minimum atomic E-state index is 0.0659. The third-order valence-corrected chi connectivity index (χ3v) is 5.14. The van der Waals surface area contributed by atoms with E-state index >= 15 is 0 Å². The zero-order chi connectivity index (χ0) is 17.1. The predicted octanol–water partition coefficient (Wildman–Crippen LogP) is 2.47. The first kappa shape index (κ1) is 16.3. The number of morpholine rings is 1. The van der Waals surface area contributed by atoms with E-state index < -0.39 is 0 Å². The standard InChI is InChI=1S/C18H25N5O2/c24-17(12-14-4-2-1-3-5-14)21-15-13-18(22-8-10-25-11-9-22)23-16(20-15)6-7-19-23/h6-7,13-14H,1-5,8-12H2,(H,20,21,24). The van der Waals surface area contributed by atoms with Gasteiger partial charge >= 0.3 is 0 Å². The van der Waals surface area contributed by atoms with Crippen molar-refractivity contribution in [3.8, 4) is 0 Å². The van der Waals surface area contributed by atoms with Crippen LogP contribution < -0.4 is 10.2 Å². The zero-order valence-electron chi connectivity index (χ0n) is 14.5. The van der Waals surface area contributed by atoms with Gasteiger partial charge in [0, 0.05) is 31.6 Å². The number of aromatic nitrogens is 3. The second kappa shape index (κ2) is 7.39. The quantitative estimate of drug-likeness (QED) is 0.923. The van der Waals surface area contributed by atoms with Crippen molar-refractivity contribution in [2.24, 2.45) is 5.92 Å². The summed E-state index contributed by atoms with van der Waals surface area (Å²) in [6.45, 7) is 3.03. The first-order valence-corrected chi connectivity index (χ1v) is 9.27. The Morgan fingerprint density at radius 3 is 2.84 bits per heavy atom. The number of hydrogen-bond acceptors (Lipinski definition) is 5. The Bertz CT molecular complexity index is 732. The number of carbonyl (C=O) groups is 1. The number of rotatable bonds is 4. The van der Waals surface area contributed by atoms with Gasteiger partial charge in [0.2, 0.25) is 5.91 Å². The Kier molecular flexibility index (Phi) is 4.83. The van der Waals surface area contributed by atoms with Crippen LogP contribution in [0.25, 0.3) is 5.65 Å². The average Bonchev–Trinajstić information content (AvgIpc) is 3.11. The van der Waals surface area contributed by atoms with E-state index in [1.807, 2.05) is 16.6 Å². The Balaban J connectivity index is 1.51. The number of amides is 1. The lowest BCUT2D eigenvalue weighted by Crippen LogP contribution is -2.37. The van der Waals surface area contributed by atoms with Crippen molar-refractivity contribution < 1.29 is 9.53 Å². The number of nitrogens with zero attached hydrogens (tertiary/aromatic N) is 4. The van der Waals surface area contributed by atoms with Gasteiger partial charge in [-0.15, -0.1) is 0 Å². The lowest BCUT2D eigenvalue weighted by atomic mass is 9.87. The van der Waals surface area contributed by atoms with Crippen molar-refractivity contribution in [1.82, 2.24) is 14.6 Å². The highest BCUT2D eigenvalue weighted by atomic mass is 16.5. The molecular formula is C18H25N5O2. The van der Waals surface area contributed by atoms with Crippen molar-refractivity contribution in [1.29, 1.82) is 0 Å². The van der Waals surface area contributed by atoms with Crippen molar-refractivity contribution in [2.45, 2.75) is 38.5 Å². The highest BCUT2D eigenvalue weighted by molar-refractivity contribution is 5.90. The van der Waals surface area contributed by atoms with Gasteiger partial charge in [0.1, 0.15) is 11.6 Å². The maximum absolute atomic E-state index is 12.4. The Morgan fingerprint density at radius 2 is 2.04 bits per heavy atom. The SMILES string of the molecule is O=C(CC1CCCCC1)Nc1cc(N2CCOCC2)n2nccc2n1. The van der Waals surface area contributed by atoms with Crippen LogP contribution in [-0.4, -0.2) is 46.8 Å². The summed E-state index contributed by atoms with van der Waals surface area (Å²) in [6.07, 6.45) is 8.47. The van der Waals surface area contributed by atoms with Crippen molar-refractivity contribution in [3.63, 3.8) is 0 Å². The molecule has 2 aromatic heterocycles. The van der Waals surface area contributed by atoms with Crippen LogP contribution >= 0.6 is 0 Å². The molecule has 1 amide bonds. The molecule has 1 saturated heterocycles. The van der Waals surface area contributed by atoms with E-state index in [2.05, 4.69) is 20.3 Å². The molecule has 7 nitrogen and oxygen atoms in total. The first-order chi connectivity index (χ1) is 12.3. The van der Waals surface area contributed by atoms with Crippen molar-refractivity contribution in [3.05, 3.63) is 18.3 Å². The Hall–Kier alpha value is -2.15. The third-order valence-electron chi connectivity index (χ3n) is 5.14. The number of hydrogen-bond donors (Lipinski definition) is 1. The summed E-state index contributed by atoms with van der Waals surface area (Å²) in [5, 5.41) is 7.37. The van der Waals surface area contributed by atoms with E-state index in [-0.39, 0.29) is 5.91 Å². The van der Waals surface area contributed by atoms with Gasteiger partial charge in [-0.05, 0) is 18.8 Å². The smallest absolute Gasteiger partial charge is 0.225 e. The molecule has 0 unspecified atom stereocenters. The van der Waals surface area contributed by atoms with E-state index in [0.29, 0.717) is 31.4 Å². The number of ether oxygens (including phenoxy) is 1. The van der Waals surface area contributed by atoms with Crippen LogP contribution in [0, 0.1) is 5.92 Å². The van der Waals surface area contributed by atoms with Gasteiger partial charge in [0.05, 0.1) is 19.4 Å². The molecule has 7 heteroatoms. The minimum Gasteiger partial charge on any atom is -0.378 e. The van der Waals surface area contributed by atoms with Gasteiger partial charge < -0.3 is 15.0 Å². The summed E-state index contributed by atoms with van der Waals surface area (Å²) in [5.41, 5.74) is 0.747. The molecule has 1 N–H and O–H groups in total. The van der Waals surface area contributed by atoms with E-state index in [0.717, 1.165) is 24.6 Å². The van der Waals surface area contributed by atoms with Crippen LogP contribution in [0.1, 0.15) is 38.5 Å². The normalized spacial score (nSPS) is 19.3. The number of nitrogens with one attached hydrogen (secondary N) is 1. The molecule has 1 aliphatic heterocycles. The maximum atomic E-state index is 12.4. The molecule has 4 rings (SSSR count). The molecule has 0 spiro atoms.